The lowest BCUT2D eigenvalue weighted by atomic mass is 9.93. The Hall–Kier alpha value is -0.740. The third kappa shape index (κ3) is 3.98. The molecule has 1 aliphatic rings. The van der Waals surface area contributed by atoms with Crippen LogP contribution in [-0.4, -0.2) is 13.1 Å². The van der Waals surface area contributed by atoms with Gasteiger partial charge < -0.3 is 5.32 Å². The van der Waals surface area contributed by atoms with E-state index in [0.717, 1.165) is 12.8 Å². The molecule has 1 nitrogen and oxygen atoms in total. The van der Waals surface area contributed by atoms with Gasteiger partial charge in [-0.1, -0.05) is 11.6 Å². The largest absolute Gasteiger partial charge is 0.317 e. The Balaban J connectivity index is 2.31. The molecule has 78 valence electrons. The molecule has 1 atom stereocenters. The van der Waals surface area contributed by atoms with E-state index < -0.39 is 0 Å². The molecular weight excluding hydrogens is 170 g/mol. The average molecular weight is 191 g/mol. The maximum atomic E-state index is 5.27. The van der Waals surface area contributed by atoms with E-state index in [4.69, 9.17) is 6.42 Å². The smallest absolute Gasteiger partial charge is 0.0110 e. The summed E-state index contributed by atoms with van der Waals surface area (Å²) in [5, 5.41) is 3.35. The van der Waals surface area contributed by atoms with Gasteiger partial charge in [0.2, 0.25) is 0 Å². The molecule has 0 aromatic carbocycles. The van der Waals surface area contributed by atoms with Gasteiger partial charge in [0.25, 0.3) is 0 Å². The fraction of sp³-hybridized carbons (Fsp3) is 0.692. The topological polar surface area (TPSA) is 12.0 Å². The second-order valence-electron chi connectivity index (χ2n) is 4.04. The first-order valence-electron chi connectivity index (χ1n) is 5.65. The standard InChI is InChI=1S/C13H21N/c1-3-4-10-13(14-2)11-12-8-6-5-7-9-12/h1,8,13-14H,4-7,9-11H2,2H3. The fourth-order valence-corrected chi connectivity index (χ4v) is 2.01. The molecule has 0 fully saturated rings. The zero-order valence-corrected chi connectivity index (χ0v) is 9.18. The summed E-state index contributed by atoms with van der Waals surface area (Å²) >= 11 is 0. The minimum Gasteiger partial charge on any atom is -0.317 e. The monoisotopic (exact) mass is 191 g/mol. The van der Waals surface area contributed by atoms with Crippen LogP contribution >= 0.6 is 0 Å². The van der Waals surface area contributed by atoms with Crippen molar-refractivity contribution in [3.63, 3.8) is 0 Å². The zero-order chi connectivity index (χ0) is 10.2. The molecule has 0 aromatic heterocycles. The number of allylic oxidation sites excluding steroid dienone is 1. The zero-order valence-electron chi connectivity index (χ0n) is 9.18. The highest BCUT2D eigenvalue weighted by molar-refractivity contribution is 5.07. The summed E-state index contributed by atoms with van der Waals surface area (Å²) in [5.74, 6) is 2.71. The van der Waals surface area contributed by atoms with Crippen molar-refractivity contribution >= 4 is 0 Å². The number of nitrogens with one attached hydrogen (secondary N) is 1. The average Bonchev–Trinajstić information content (AvgIpc) is 2.25. The molecular formula is C13H21N. The van der Waals surface area contributed by atoms with Crippen molar-refractivity contribution in [2.24, 2.45) is 0 Å². The molecule has 0 heterocycles. The minimum absolute atomic E-state index is 0.579. The van der Waals surface area contributed by atoms with E-state index >= 15 is 0 Å². The summed E-state index contributed by atoms with van der Waals surface area (Å²) in [6, 6.07) is 0.579. The van der Waals surface area contributed by atoms with Crippen LogP contribution in [0.5, 0.6) is 0 Å². The summed E-state index contributed by atoms with van der Waals surface area (Å²) < 4.78 is 0. The second-order valence-corrected chi connectivity index (χ2v) is 4.04. The van der Waals surface area contributed by atoms with Gasteiger partial charge >= 0.3 is 0 Å². The van der Waals surface area contributed by atoms with Gasteiger partial charge in [-0.05, 0) is 45.6 Å². The van der Waals surface area contributed by atoms with Gasteiger partial charge in [-0.2, -0.15) is 0 Å². The van der Waals surface area contributed by atoms with Gasteiger partial charge in [-0.25, -0.2) is 0 Å². The van der Waals surface area contributed by atoms with Crippen molar-refractivity contribution in [3.8, 4) is 12.3 Å². The number of terminal acetylenes is 1. The third-order valence-corrected chi connectivity index (χ3v) is 2.94. The summed E-state index contributed by atoms with van der Waals surface area (Å²) in [6.45, 7) is 0. The van der Waals surface area contributed by atoms with E-state index in [-0.39, 0.29) is 0 Å². The van der Waals surface area contributed by atoms with Crippen LogP contribution in [0.1, 0.15) is 44.9 Å². The van der Waals surface area contributed by atoms with Crippen LogP contribution in [0.25, 0.3) is 0 Å². The summed E-state index contributed by atoms with van der Waals surface area (Å²) in [7, 11) is 2.03. The van der Waals surface area contributed by atoms with E-state index in [2.05, 4.69) is 17.3 Å². The van der Waals surface area contributed by atoms with Gasteiger partial charge in [0.05, 0.1) is 0 Å². The Morgan fingerprint density at radius 3 is 3.00 bits per heavy atom. The van der Waals surface area contributed by atoms with Gasteiger partial charge in [-0.15, -0.1) is 12.3 Å². The Bertz CT molecular complexity index is 222. The maximum Gasteiger partial charge on any atom is 0.0110 e. The lowest BCUT2D eigenvalue weighted by molar-refractivity contribution is 0.509. The minimum atomic E-state index is 0.579. The summed E-state index contributed by atoms with van der Waals surface area (Å²) in [4.78, 5) is 0. The Morgan fingerprint density at radius 2 is 2.43 bits per heavy atom. The van der Waals surface area contributed by atoms with Crippen molar-refractivity contribution in [2.75, 3.05) is 7.05 Å². The van der Waals surface area contributed by atoms with Crippen molar-refractivity contribution in [3.05, 3.63) is 11.6 Å². The molecule has 0 saturated heterocycles. The highest BCUT2D eigenvalue weighted by Crippen LogP contribution is 2.22. The van der Waals surface area contributed by atoms with Gasteiger partial charge in [-0.3, -0.25) is 0 Å². The predicted octanol–water partition coefficient (Wildman–Crippen LogP) is 2.88. The molecule has 14 heavy (non-hydrogen) atoms. The normalized spacial score (nSPS) is 18.4. The first kappa shape index (κ1) is 11.3. The molecule has 0 aromatic rings. The molecule has 0 bridgehead atoms. The molecule has 0 saturated carbocycles. The molecule has 1 N–H and O–H groups in total. The van der Waals surface area contributed by atoms with Crippen LogP contribution < -0.4 is 5.32 Å². The third-order valence-electron chi connectivity index (χ3n) is 2.94. The van der Waals surface area contributed by atoms with E-state index in [1.54, 1.807) is 5.57 Å². The number of rotatable bonds is 5. The molecule has 0 spiro atoms. The quantitative estimate of drug-likeness (QED) is 0.520. The van der Waals surface area contributed by atoms with Gasteiger partial charge in [0.15, 0.2) is 0 Å². The molecule has 0 amide bonds. The van der Waals surface area contributed by atoms with Crippen LogP contribution in [0.2, 0.25) is 0 Å². The summed E-state index contributed by atoms with van der Waals surface area (Å²) in [5.41, 5.74) is 1.63. The highest BCUT2D eigenvalue weighted by Gasteiger charge is 2.10. The molecule has 0 aliphatic heterocycles. The van der Waals surface area contributed by atoms with E-state index in [1.165, 1.54) is 32.1 Å². The first-order chi connectivity index (χ1) is 6.86. The van der Waals surface area contributed by atoms with Crippen LogP contribution in [0.3, 0.4) is 0 Å². The maximum absolute atomic E-state index is 5.27. The van der Waals surface area contributed by atoms with Crippen LogP contribution in [0.4, 0.5) is 0 Å². The molecule has 1 rings (SSSR count). The Labute approximate surface area is 88.0 Å². The van der Waals surface area contributed by atoms with Crippen LogP contribution in [-0.2, 0) is 0 Å². The van der Waals surface area contributed by atoms with Gasteiger partial charge in [0, 0.05) is 12.5 Å². The lowest BCUT2D eigenvalue weighted by Gasteiger charge is -2.19. The van der Waals surface area contributed by atoms with Crippen molar-refractivity contribution in [2.45, 2.75) is 51.0 Å². The molecule has 1 heteroatoms. The van der Waals surface area contributed by atoms with E-state index in [1.807, 2.05) is 7.05 Å². The number of hydrogen-bond donors (Lipinski definition) is 1. The lowest BCUT2D eigenvalue weighted by Crippen LogP contribution is -2.25. The van der Waals surface area contributed by atoms with Crippen molar-refractivity contribution in [1.82, 2.24) is 5.32 Å². The van der Waals surface area contributed by atoms with Crippen LogP contribution in [0.15, 0.2) is 11.6 Å². The molecule has 0 radical (unpaired) electrons. The van der Waals surface area contributed by atoms with Crippen LogP contribution in [0, 0.1) is 12.3 Å². The summed E-state index contributed by atoms with van der Waals surface area (Å²) in [6.07, 6.45) is 16.2. The number of hydrogen-bond acceptors (Lipinski definition) is 1. The van der Waals surface area contributed by atoms with Crippen molar-refractivity contribution < 1.29 is 0 Å². The van der Waals surface area contributed by atoms with Gasteiger partial charge in [0.1, 0.15) is 0 Å². The Morgan fingerprint density at radius 1 is 1.57 bits per heavy atom. The Kier molecular flexibility index (Phi) is 5.40. The molecule has 1 unspecified atom stereocenters. The predicted molar refractivity (Wildman–Crippen MR) is 62.1 cm³/mol. The van der Waals surface area contributed by atoms with E-state index in [0.29, 0.717) is 6.04 Å². The fourth-order valence-electron chi connectivity index (χ4n) is 2.01. The van der Waals surface area contributed by atoms with Crippen molar-refractivity contribution in [1.29, 1.82) is 0 Å². The second kappa shape index (κ2) is 6.68. The SMILES string of the molecule is C#CCCC(CC1=CCCCC1)NC. The first-order valence-corrected chi connectivity index (χ1v) is 5.65. The van der Waals surface area contributed by atoms with E-state index in [9.17, 15) is 0 Å². The highest BCUT2D eigenvalue weighted by atomic mass is 14.9. The molecule has 1 aliphatic carbocycles.